The summed E-state index contributed by atoms with van der Waals surface area (Å²) >= 11 is 4.11. The number of hydrogen-bond acceptors (Lipinski definition) is 5. The first-order chi connectivity index (χ1) is 9.33. The lowest BCUT2D eigenvalue weighted by Gasteiger charge is -2.22. The molecular weight excluding hydrogens is 276 g/mol. The Hall–Kier alpha value is -1.14. The number of thioether (sulfide) groups is 2. The van der Waals surface area contributed by atoms with Gasteiger partial charge >= 0.3 is 0 Å². The van der Waals surface area contributed by atoms with Gasteiger partial charge in [-0.25, -0.2) is 9.97 Å². The van der Waals surface area contributed by atoms with Gasteiger partial charge in [0.25, 0.3) is 0 Å². The van der Waals surface area contributed by atoms with E-state index in [0.29, 0.717) is 11.1 Å². The molecule has 0 aromatic carbocycles. The van der Waals surface area contributed by atoms with Crippen LogP contribution in [-0.2, 0) is 6.54 Å². The van der Waals surface area contributed by atoms with Crippen LogP contribution >= 0.6 is 23.5 Å². The Morgan fingerprint density at radius 3 is 3.00 bits per heavy atom. The van der Waals surface area contributed by atoms with E-state index in [1.54, 1.807) is 0 Å². The Bertz CT molecular complexity index is 532. The van der Waals surface area contributed by atoms with Crippen LogP contribution in [-0.4, -0.2) is 37.0 Å². The number of rotatable bonds is 3. The molecule has 19 heavy (non-hydrogen) atoms. The van der Waals surface area contributed by atoms with Crippen molar-refractivity contribution in [1.29, 1.82) is 0 Å². The molecule has 2 aromatic rings. The minimum atomic E-state index is 0.550. The number of aromatic nitrogens is 3. The van der Waals surface area contributed by atoms with Crippen molar-refractivity contribution in [3.8, 4) is 11.3 Å². The third-order valence-electron chi connectivity index (χ3n) is 3.08. The van der Waals surface area contributed by atoms with E-state index in [4.69, 9.17) is 5.73 Å². The quantitative estimate of drug-likeness (QED) is 0.941. The van der Waals surface area contributed by atoms with Crippen LogP contribution in [0.15, 0.2) is 30.9 Å². The zero-order valence-electron chi connectivity index (χ0n) is 10.5. The van der Waals surface area contributed by atoms with Gasteiger partial charge in [0.05, 0.1) is 18.2 Å². The number of imidazole rings is 1. The van der Waals surface area contributed by atoms with Gasteiger partial charge in [0.2, 0.25) is 0 Å². The van der Waals surface area contributed by atoms with E-state index in [9.17, 15) is 0 Å². The fourth-order valence-corrected chi connectivity index (χ4v) is 4.79. The molecule has 1 aliphatic heterocycles. The highest BCUT2D eigenvalue weighted by Crippen LogP contribution is 2.27. The highest BCUT2D eigenvalue weighted by molar-refractivity contribution is 8.06. The van der Waals surface area contributed by atoms with Crippen LogP contribution in [0.1, 0.15) is 0 Å². The second-order valence-electron chi connectivity index (χ2n) is 4.47. The topological polar surface area (TPSA) is 56.7 Å². The smallest absolute Gasteiger partial charge is 0.123 e. The number of hydrogen-bond donors (Lipinski definition) is 1. The van der Waals surface area contributed by atoms with Crippen LogP contribution in [0.25, 0.3) is 11.3 Å². The predicted molar refractivity (Wildman–Crippen MR) is 83.4 cm³/mol. The second-order valence-corrected chi connectivity index (χ2v) is 7.03. The maximum atomic E-state index is 5.63. The van der Waals surface area contributed by atoms with Gasteiger partial charge in [0, 0.05) is 40.8 Å². The number of pyridine rings is 1. The number of anilines is 1. The summed E-state index contributed by atoms with van der Waals surface area (Å²) in [6, 6.07) is 3.83. The zero-order valence-corrected chi connectivity index (χ0v) is 12.2. The summed E-state index contributed by atoms with van der Waals surface area (Å²) in [7, 11) is 0. The van der Waals surface area contributed by atoms with Crippen LogP contribution in [0.2, 0.25) is 0 Å². The maximum absolute atomic E-state index is 5.63. The van der Waals surface area contributed by atoms with E-state index < -0.39 is 0 Å². The third-order valence-corrected chi connectivity index (χ3v) is 5.91. The minimum Gasteiger partial charge on any atom is -0.384 e. The Morgan fingerprint density at radius 1 is 1.32 bits per heavy atom. The summed E-state index contributed by atoms with van der Waals surface area (Å²) in [4.78, 5) is 8.42. The summed E-state index contributed by atoms with van der Waals surface area (Å²) in [5.74, 6) is 4.30. The van der Waals surface area contributed by atoms with Crippen molar-refractivity contribution in [2.45, 2.75) is 11.8 Å². The monoisotopic (exact) mass is 292 g/mol. The van der Waals surface area contributed by atoms with Gasteiger partial charge in [-0.05, 0) is 12.1 Å². The molecule has 2 N–H and O–H groups in total. The molecule has 0 spiro atoms. The van der Waals surface area contributed by atoms with E-state index in [2.05, 4.69) is 26.3 Å². The Kier molecular flexibility index (Phi) is 3.98. The molecule has 3 heterocycles. The fourth-order valence-electron chi connectivity index (χ4n) is 2.12. The van der Waals surface area contributed by atoms with Crippen molar-refractivity contribution in [3.05, 3.63) is 30.9 Å². The van der Waals surface area contributed by atoms with Crippen molar-refractivity contribution in [2.24, 2.45) is 0 Å². The molecule has 1 unspecified atom stereocenters. The molecule has 6 heteroatoms. The van der Waals surface area contributed by atoms with Crippen molar-refractivity contribution in [1.82, 2.24) is 14.5 Å². The molecule has 1 saturated heterocycles. The molecule has 2 aromatic heterocycles. The van der Waals surface area contributed by atoms with Gasteiger partial charge < -0.3 is 10.3 Å². The van der Waals surface area contributed by atoms with Crippen molar-refractivity contribution in [3.63, 3.8) is 0 Å². The third kappa shape index (κ3) is 3.06. The lowest BCUT2D eigenvalue weighted by atomic mass is 10.2. The van der Waals surface area contributed by atoms with E-state index in [0.717, 1.165) is 17.8 Å². The number of nitrogens with two attached hydrogens (primary N) is 1. The summed E-state index contributed by atoms with van der Waals surface area (Å²) < 4.78 is 2.22. The summed E-state index contributed by atoms with van der Waals surface area (Å²) in [6.45, 7) is 1.01. The summed E-state index contributed by atoms with van der Waals surface area (Å²) in [6.07, 6.45) is 5.62. The molecule has 0 bridgehead atoms. The first kappa shape index (κ1) is 12.9. The molecule has 100 valence electrons. The molecular formula is C13H16N4S2. The van der Waals surface area contributed by atoms with E-state index in [1.165, 1.54) is 17.3 Å². The Balaban J connectivity index is 1.79. The van der Waals surface area contributed by atoms with Gasteiger partial charge in [0.15, 0.2) is 0 Å². The highest BCUT2D eigenvalue weighted by atomic mass is 32.2. The first-order valence-electron chi connectivity index (χ1n) is 6.24. The van der Waals surface area contributed by atoms with Gasteiger partial charge in [-0.15, -0.1) is 0 Å². The van der Waals surface area contributed by atoms with E-state index in [-0.39, 0.29) is 0 Å². The zero-order chi connectivity index (χ0) is 13.1. The molecule has 1 atom stereocenters. The highest BCUT2D eigenvalue weighted by Gasteiger charge is 2.16. The second kappa shape index (κ2) is 5.88. The van der Waals surface area contributed by atoms with Gasteiger partial charge in [-0.1, -0.05) is 0 Å². The summed E-state index contributed by atoms with van der Waals surface area (Å²) in [5.41, 5.74) is 7.81. The Morgan fingerprint density at radius 2 is 2.26 bits per heavy atom. The van der Waals surface area contributed by atoms with Gasteiger partial charge in [-0.2, -0.15) is 23.5 Å². The maximum Gasteiger partial charge on any atom is 0.123 e. The van der Waals surface area contributed by atoms with Gasteiger partial charge in [0.1, 0.15) is 5.82 Å². The minimum absolute atomic E-state index is 0.550. The average molecular weight is 292 g/mol. The standard InChI is InChI=1S/C13H16N4S2/c14-13-2-1-10(5-16-13)12-6-15-9-17(12)7-11-8-18-3-4-19-11/h1-2,5-6,9,11H,3-4,7-8H2,(H2,14,16). The predicted octanol–water partition coefficient (Wildman–Crippen LogP) is 2.38. The SMILES string of the molecule is Nc1ccc(-c2cncn2CC2CSCCS2)cn1. The van der Waals surface area contributed by atoms with Crippen LogP contribution in [0.4, 0.5) is 5.82 Å². The van der Waals surface area contributed by atoms with Crippen LogP contribution in [0.3, 0.4) is 0 Å². The molecule has 1 aliphatic rings. The first-order valence-corrected chi connectivity index (χ1v) is 8.44. The summed E-state index contributed by atoms with van der Waals surface area (Å²) in [5, 5.41) is 0.674. The lowest BCUT2D eigenvalue weighted by molar-refractivity contribution is 0.700. The largest absolute Gasteiger partial charge is 0.384 e. The average Bonchev–Trinajstić information content (AvgIpc) is 2.89. The van der Waals surface area contributed by atoms with E-state index >= 15 is 0 Å². The molecule has 0 saturated carbocycles. The Labute approximate surface area is 121 Å². The van der Waals surface area contributed by atoms with E-state index in [1.807, 2.05) is 42.6 Å². The molecule has 3 rings (SSSR count). The van der Waals surface area contributed by atoms with Crippen LogP contribution in [0, 0.1) is 0 Å². The molecule has 0 radical (unpaired) electrons. The van der Waals surface area contributed by atoms with Crippen molar-refractivity contribution < 1.29 is 0 Å². The number of nitrogen functional groups attached to an aromatic ring is 1. The van der Waals surface area contributed by atoms with Crippen molar-refractivity contribution >= 4 is 29.3 Å². The molecule has 1 fully saturated rings. The normalized spacial score (nSPS) is 19.5. The molecule has 0 amide bonds. The van der Waals surface area contributed by atoms with Gasteiger partial charge in [-0.3, -0.25) is 0 Å². The van der Waals surface area contributed by atoms with Crippen LogP contribution in [0.5, 0.6) is 0 Å². The number of nitrogens with zero attached hydrogens (tertiary/aromatic N) is 3. The fraction of sp³-hybridized carbons (Fsp3) is 0.385. The lowest BCUT2D eigenvalue weighted by Crippen LogP contribution is -2.20. The van der Waals surface area contributed by atoms with Crippen molar-refractivity contribution in [2.75, 3.05) is 23.0 Å². The van der Waals surface area contributed by atoms with Crippen LogP contribution < -0.4 is 5.73 Å². The molecule has 0 aliphatic carbocycles. The molecule has 4 nitrogen and oxygen atoms in total.